The predicted molar refractivity (Wildman–Crippen MR) is 79.3 cm³/mol. The molecule has 109 valence electrons. The Morgan fingerprint density at radius 2 is 2.00 bits per heavy atom. The maximum Gasteiger partial charge on any atom is 0.341 e. The van der Waals surface area contributed by atoms with Crippen LogP contribution in [0.2, 0.25) is 0 Å². The Morgan fingerprint density at radius 3 is 2.60 bits per heavy atom. The molecule has 0 spiro atoms. The van der Waals surface area contributed by atoms with Crippen LogP contribution in [-0.2, 0) is 0 Å². The molecule has 1 aromatic rings. The minimum absolute atomic E-state index is 0.0758. The van der Waals surface area contributed by atoms with Crippen LogP contribution >= 0.6 is 0 Å². The molecule has 0 unspecified atom stereocenters. The van der Waals surface area contributed by atoms with Crippen molar-refractivity contribution in [2.24, 2.45) is 5.92 Å². The molecular formula is C15H22N3O2. The lowest BCUT2D eigenvalue weighted by Crippen LogP contribution is -2.32. The summed E-state index contributed by atoms with van der Waals surface area (Å²) >= 11 is 0. The molecule has 1 saturated heterocycles. The van der Waals surface area contributed by atoms with Gasteiger partial charge in [0.2, 0.25) is 0 Å². The number of aliphatic hydroxyl groups is 1. The molecular weight excluding hydrogens is 254 g/mol. The van der Waals surface area contributed by atoms with Crippen LogP contribution in [0.4, 0.5) is 16.2 Å². The summed E-state index contributed by atoms with van der Waals surface area (Å²) in [5.74, 6) is 0.816. The van der Waals surface area contributed by atoms with Gasteiger partial charge in [-0.25, -0.2) is 4.79 Å². The molecule has 5 heteroatoms. The second-order valence-corrected chi connectivity index (χ2v) is 5.25. The number of nitrogens with one attached hydrogen (secondary N) is 1. The van der Waals surface area contributed by atoms with Gasteiger partial charge in [-0.2, -0.15) is 5.32 Å². The fourth-order valence-electron chi connectivity index (χ4n) is 2.32. The van der Waals surface area contributed by atoms with Gasteiger partial charge in [0, 0.05) is 25.3 Å². The summed E-state index contributed by atoms with van der Waals surface area (Å²) in [6.45, 7) is 4.63. The molecule has 0 saturated carbocycles. The van der Waals surface area contributed by atoms with Crippen molar-refractivity contribution in [2.45, 2.75) is 19.8 Å². The topological polar surface area (TPSA) is 66.7 Å². The summed E-state index contributed by atoms with van der Waals surface area (Å²) < 4.78 is 0. The molecule has 0 bridgehead atoms. The molecule has 0 aromatic heterocycles. The van der Waals surface area contributed by atoms with Crippen LogP contribution in [0.15, 0.2) is 24.3 Å². The first kappa shape index (κ1) is 14.7. The van der Waals surface area contributed by atoms with Gasteiger partial charge in [0.25, 0.3) is 0 Å². The van der Waals surface area contributed by atoms with Gasteiger partial charge >= 0.3 is 6.03 Å². The van der Waals surface area contributed by atoms with Gasteiger partial charge in [0.1, 0.15) is 0 Å². The minimum atomic E-state index is -0.418. The summed E-state index contributed by atoms with van der Waals surface area (Å²) in [6.07, 6.45) is 2.46. The van der Waals surface area contributed by atoms with Crippen molar-refractivity contribution in [1.29, 1.82) is 0 Å². The van der Waals surface area contributed by atoms with Crippen LogP contribution in [0.3, 0.4) is 0 Å². The van der Waals surface area contributed by atoms with Crippen LogP contribution in [0, 0.1) is 5.92 Å². The Morgan fingerprint density at radius 1 is 1.35 bits per heavy atom. The number of urea groups is 1. The Labute approximate surface area is 120 Å². The molecule has 0 atom stereocenters. The quantitative estimate of drug-likeness (QED) is 0.882. The Kier molecular flexibility index (Phi) is 5.24. The van der Waals surface area contributed by atoms with Crippen LogP contribution in [0.1, 0.15) is 19.8 Å². The summed E-state index contributed by atoms with van der Waals surface area (Å²) in [5.41, 5.74) is 1.82. The molecule has 2 amide bonds. The molecule has 1 radical (unpaired) electrons. The van der Waals surface area contributed by atoms with Gasteiger partial charge < -0.3 is 15.3 Å². The van der Waals surface area contributed by atoms with E-state index in [2.05, 4.69) is 22.5 Å². The summed E-state index contributed by atoms with van der Waals surface area (Å²) in [5, 5.41) is 15.0. The summed E-state index contributed by atoms with van der Waals surface area (Å²) in [7, 11) is 0. The van der Waals surface area contributed by atoms with E-state index in [1.165, 1.54) is 18.5 Å². The highest BCUT2D eigenvalue weighted by molar-refractivity contribution is 5.79. The fourth-order valence-corrected chi connectivity index (χ4v) is 2.32. The predicted octanol–water partition coefficient (Wildman–Crippen LogP) is 1.86. The largest absolute Gasteiger partial charge is 0.395 e. The SMILES string of the molecule is CC1CCN(c2ccc([N]C(=O)NCCO)cc2)CC1. The van der Waals surface area contributed by atoms with E-state index in [1.54, 1.807) is 0 Å². The standard InChI is InChI=1S/C15H22N3O2/c1-12-6-9-18(10-7-12)14-4-2-13(3-5-14)17-15(20)16-8-11-19/h2-5,12,19H,6-11H2,1H3,(H,16,20). The Balaban J connectivity index is 1.88. The number of anilines is 1. The van der Waals surface area contributed by atoms with Crippen molar-refractivity contribution in [3.05, 3.63) is 24.3 Å². The molecule has 1 heterocycles. The van der Waals surface area contributed by atoms with E-state index in [4.69, 9.17) is 5.11 Å². The van der Waals surface area contributed by atoms with Crippen molar-refractivity contribution < 1.29 is 9.90 Å². The van der Waals surface area contributed by atoms with Gasteiger partial charge in [-0.1, -0.05) is 6.92 Å². The number of carbonyl (C=O) groups is 1. The van der Waals surface area contributed by atoms with Gasteiger partial charge in [-0.3, -0.25) is 0 Å². The molecule has 5 nitrogen and oxygen atoms in total. The van der Waals surface area contributed by atoms with Crippen molar-refractivity contribution >= 4 is 17.4 Å². The van der Waals surface area contributed by atoms with Crippen molar-refractivity contribution in [3.63, 3.8) is 0 Å². The monoisotopic (exact) mass is 276 g/mol. The molecule has 2 rings (SSSR count). The lowest BCUT2D eigenvalue weighted by molar-refractivity contribution is 0.237. The first-order valence-corrected chi connectivity index (χ1v) is 7.14. The second kappa shape index (κ2) is 7.14. The maximum absolute atomic E-state index is 11.4. The Hall–Kier alpha value is -1.75. The number of hydrogen-bond donors (Lipinski definition) is 2. The normalized spacial score (nSPS) is 16.0. The number of nitrogens with zero attached hydrogens (tertiary/aromatic N) is 2. The van der Waals surface area contributed by atoms with E-state index in [9.17, 15) is 4.79 Å². The molecule has 1 aliphatic heterocycles. The molecule has 0 aliphatic carbocycles. The van der Waals surface area contributed by atoms with E-state index in [0.717, 1.165) is 19.0 Å². The second-order valence-electron chi connectivity index (χ2n) is 5.25. The lowest BCUT2D eigenvalue weighted by Gasteiger charge is -2.32. The summed E-state index contributed by atoms with van der Waals surface area (Å²) in [4.78, 5) is 13.8. The van der Waals surface area contributed by atoms with Crippen LogP contribution < -0.4 is 15.5 Å². The van der Waals surface area contributed by atoms with E-state index >= 15 is 0 Å². The number of piperidine rings is 1. The maximum atomic E-state index is 11.4. The third-order valence-corrected chi connectivity index (χ3v) is 3.62. The number of amides is 2. The molecule has 1 aromatic carbocycles. The average Bonchev–Trinajstić information content (AvgIpc) is 2.47. The fraction of sp³-hybridized carbons (Fsp3) is 0.533. The number of carbonyl (C=O) groups excluding carboxylic acids is 1. The molecule has 20 heavy (non-hydrogen) atoms. The number of aliphatic hydroxyl groups excluding tert-OH is 1. The average molecular weight is 276 g/mol. The third-order valence-electron chi connectivity index (χ3n) is 3.62. The first-order chi connectivity index (χ1) is 9.69. The molecule has 2 N–H and O–H groups in total. The first-order valence-electron chi connectivity index (χ1n) is 7.14. The van der Waals surface area contributed by atoms with E-state index < -0.39 is 6.03 Å². The van der Waals surface area contributed by atoms with Gasteiger partial charge in [0.05, 0.1) is 12.3 Å². The Bertz CT molecular complexity index is 425. The highest BCUT2D eigenvalue weighted by Gasteiger charge is 2.15. The zero-order valence-electron chi connectivity index (χ0n) is 11.9. The van der Waals surface area contributed by atoms with Gasteiger partial charge in [-0.05, 0) is 43.0 Å². The number of hydrogen-bond acceptors (Lipinski definition) is 3. The van der Waals surface area contributed by atoms with Crippen molar-refractivity contribution in [2.75, 3.05) is 31.1 Å². The number of rotatable bonds is 4. The van der Waals surface area contributed by atoms with Crippen molar-refractivity contribution in [1.82, 2.24) is 10.6 Å². The van der Waals surface area contributed by atoms with Crippen LogP contribution in [0.5, 0.6) is 0 Å². The summed E-state index contributed by atoms with van der Waals surface area (Å²) in [6, 6.07) is 7.30. The minimum Gasteiger partial charge on any atom is -0.395 e. The van der Waals surface area contributed by atoms with Crippen molar-refractivity contribution in [3.8, 4) is 0 Å². The van der Waals surface area contributed by atoms with Crippen LogP contribution in [-0.4, -0.2) is 37.4 Å². The third kappa shape index (κ3) is 4.13. The zero-order valence-corrected chi connectivity index (χ0v) is 11.9. The van der Waals surface area contributed by atoms with Gasteiger partial charge in [0.15, 0.2) is 0 Å². The molecule has 1 aliphatic rings. The van der Waals surface area contributed by atoms with Gasteiger partial charge in [-0.15, -0.1) is 0 Å². The smallest absolute Gasteiger partial charge is 0.341 e. The molecule has 1 fully saturated rings. The number of benzene rings is 1. The van der Waals surface area contributed by atoms with Crippen LogP contribution in [0.25, 0.3) is 0 Å². The highest BCUT2D eigenvalue weighted by atomic mass is 16.3. The van der Waals surface area contributed by atoms with E-state index in [1.807, 2.05) is 24.3 Å². The van der Waals surface area contributed by atoms with E-state index in [0.29, 0.717) is 5.69 Å². The zero-order chi connectivity index (χ0) is 14.4. The highest BCUT2D eigenvalue weighted by Crippen LogP contribution is 2.24. The lowest BCUT2D eigenvalue weighted by atomic mass is 9.99. The van der Waals surface area contributed by atoms with E-state index in [-0.39, 0.29) is 13.2 Å².